The number of hydrogen-bond acceptors (Lipinski definition) is 6. The minimum Gasteiger partial charge on any atom is -0.497 e. The summed E-state index contributed by atoms with van der Waals surface area (Å²) >= 11 is 5.90. The van der Waals surface area contributed by atoms with Gasteiger partial charge in [0.15, 0.2) is 0 Å². The highest BCUT2D eigenvalue weighted by Gasteiger charge is 2.17. The molecule has 2 aromatic rings. The van der Waals surface area contributed by atoms with E-state index in [0.717, 1.165) is 0 Å². The van der Waals surface area contributed by atoms with Gasteiger partial charge < -0.3 is 25.1 Å². The van der Waals surface area contributed by atoms with Crippen LogP contribution >= 0.6 is 11.6 Å². The van der Waals surface area contributed by atoms with E-state index in [-0.39, 0.29) is 16.6 Å². The fourth-order valence-electron chi connectivity index (χ4n) is 1.83. The number of anilines is 1. The Bertz CT molecular complexity index is 721. The predicted molar refractivity (Wildman–Crippen MR) is 80.9 cm³/mol. The molecule has 0 atom stereocenters. The Balaban J connectivity index is 2.61. The molecule has 1 aromatic carbocycles. The molecule has 1 aromatic heterocycles. The van der Waals surface area contributed by atoms with Gasteiger partial charge in [-0.1, -0.05) is 11.6 Å². The van der Waals surface area contributed by atoms with Crippen LogP contribution in [0.15, 0.2) is 24.3 Å². The lowest BCUT2D eigenvalue weighted by Crippen LogP contribution is -2.07. The summed E-state index contributed by atoms with van der Waals surface area (Å²) in [5, 5.41) is 8.64. The molecule has 1 heterocycles. The molecular formula is C14H13ClN2O5. The van der Waals surface area contributed by atoms with Crippen LogP contribution in [0.1, 0.15) is 0 Å². The summed E-state index contributed by atoms with van der Waals surface area (Å²) in [6.45, 7) is 0. The lowest BCUT2D eigenvalue weighted by Gasteiger charge is -2.12. The molecular weight excluding hydrogens is 312 g/mol. The third-order valence-electron chi connectivity index (χ3n) is 2.82. The van der Waals surface area contributed by atoms with E-state index in [0.29, 0.717) is 22.8 Å². The van der Waals surface area contributed by atoms with Crippen molar-refractivity contribution in [3.63, 3.8) is 0 Å². The SMILES string of the molecule is COc1ccc(OC)c(-c2cc(N)c(Cl)c(OC(=O)O)n2)c1. The topological polar surface area (TPSA) is 104 Å². The predicted octanol–water partition coefficient (Wildman–Crippen LogP) is 3.06. The zero-order valence-corrected chi connectivity index (χ0v) is 12.5. The summed E-state index contributed by atoms with van der Waals surface area (Å²) in [5.41, 5.74) is 6.81. The largest absolute Gasteiger partial charge is 0.512 e. The lowest BCUT2D eigenvalue weighted by molar-refractivity contribution is 0.142. The molecule has 2 rings (SSSR count). The molecule has 0 bridgehead atoms. The number of methoxy groups -OCH3 is 2. The van der Waals surface area contributed by atoms with Crippen molar-refractivity contribution in [2.75, 3.05) is 20.0 Å². The van der Waals surface area contributed by atoms with Gasteiger partial charge in [-0.3, -0.25) is 0 Å². The van der Waals surface area contributed by atoms with Gasteiger partial charge in [0, 0.05) is 5.56 Å². The van der Waals surface area contributed by atoms with Crippen LogP contribution in [0, 0.1) is 0 Å². The van der Waals surface area contributed by atoms with Gasteiger partial charge in [0.05, 0.1) is 25.6 Å². The van der Waals surface area contributed by atoms with Crippen molar-refractivity contribution < 1.29 is 24.1 Å². The Morgan fingerprint density at radius 2 is 2.00 bits per heavy atom. The highest BCUT2D eigenvalue weighted by Crippen LogP contribution is 2.37. The first-order valence-corrected chi connectivity index (χ1v) is 6.43. The van der Waals surface area contributed by atoms with Crippen LogP contribution in [0.25, 0.3) is 11.3 Å². The number of carboxylic acid groups (broad SMARTS) is 1. The molecule has 116 valence electrons. The van der Waals surface area contributed by atoms with Crippen LogP contribution in [0.2, 0.25) is 5.02 Å². The molecule has 8 heteroatoms. The van der Waals surface area contributed by atoms with Crippen molar-refractivity contribution in [2.24, 2.45) is 0 Å². The van der Waals surface area contributed by atoms with Gasteiger partial charge in [-0.05, 0) is 24.3 Å². The van der Waals surface area contributed by atoms with Gasteiger partial charge in [-0.25, -0.2) is 9.78 Å². The monoisotopic (exact) mass is 324 g/mol. The lowest BCUT2D eigenvalue weighted by atomic mass is 10.1. The first-order chi connectivity index (χ1) is 10.5. The molecule has 0 aliphatic carbocycles. The zero-order chi connectivity index (χ0) is 16.3. The Morgan fingerprint density at radius 1 is 1.27 bits per heavy atom. The fourth-order valence-corrected chi connectivity index (χ4v) is 1.96. The maximum absolute atomic E-state index is 10.7. The fraction of sp³-hybridized carbons (Fsp3) is 0.143. The summed E-state index contributed by atoms with van der Waals surface area (Å²) in [6.07, 6.45) is -1.54. The normalized spacial score (nSPS) is 10.1. The number of ether oxygens (including phenoxy) is 3. The number of rotatable bonds is 4. The van der Waals surface area contributed by atoms with Crippen molar-refractivity contribution in [1.82, 2.24) is 4.98 Å². The average molecular weight is 325 g/mol. The molecule has 0 spiro atoms. The highest BCUT2D eigenvalue weighted by atomic mass is 35.5. The second kappa shape index (κ2) is 6.40. The molecule has 7 nitrogen and oxygen atoms in total. The molecule has 0 aliphatic heterocycles. The summed E-state index contributed by atoms with van der Waals surface area (Å²) in [6, 6.07) is 6.59. The van der Waals surface area contributed by atoms with Gasteiger partial charge >= 0.3 is 6.16 Å². The number of hydrogen-bond donors (Lipinski definition) is 2. The van der Waals surface area contributed by atoms with E-state index in [1.165, 1.54) is 20.3 Å². The first-order valence-electron chi connectivity index (χ1n) is 6.05. The van der Waals surface area contributed by atoms with Crippen LogP contribution in [0.3, 0.4) is 0 Å². The number of nitrogens with two attached hydrogens (primary N) is 1. The molecule has 0 amide bonds. The van der Waals surface area contributed by atoms with Gasteiger partial charge in [0.2, 0.25) is 5.88 Å². The number of halogens is 1. The summed E-state index contributed by atoms with van der Waals surface area (Å²) in [7, 11) is 3.02. The van der Waals surface area contributed by atoms with Gasteiger partial charge in [0.25, 0.3) is 0 Å². The molecule has 0 saturated carbocycles. The van der Waals surface area contributed by atoms with Gasteiger partial charge in [-0.2, -0.15) is 0 Å². The van der Waals surface area contributed by atoms with E-state index in [1.54, 1.807) is 18.2 Å². The standard InChI is InChI=1S/C14H13ClN2O5/c1-20-7-3-4-11(21-2)8(5-7)10-6-9(16)12(15)13(17-10)22-14(18)19/h3-6H,1-2H3,(H2,16,17)(H,18,19). The molecule has 0 radical (unpaired) electrons. The van der Waals surface area contributed by atoms with E-state index in [1.807, 2.05) is 0 Å². The quantitative estimate of drug-likeness (QED) is 0.833. The summed E-state index contributed by atoms with van der Waals surface area (Å²) < 4.78 is 15.0. The Hall–Kier alpha value is -2.67. The second-order valence-corrected chi connectivity index (χ2v) is 4.53. The number of aromatic nitrogens is 1. The van der Waals surface area contributed by atoms with E-state index >= 15 is 0 Å². The third kappa shape index (κ3) is 3.15. The van der Waals surface area contributed by atoms with Crippen LogP contribution in [0.5, 0.6) is 17.4 Å². The summed E-state index contributed by atoms with van der Waals surface area (Å²) in [5.74, 6) is 0.789. The van der Waals surface area contributed by atoms with E-state index in [9.17, 15) is 4.79 Å². The van der Waals surface area contributed by atoms with Crippen LogP contribution in [-0.2, 0) is 0 Å². The van der Waals surface area contributed by atoms with E-state index < -0.39 is 6.16 Å². The minimum atomic E-state index is -1.54. The van der Waals surface area contributed by atoms with E-state index in [4.69, 9.17) is 31.9 Å². The molecule has 22 heavy (non-hydrogen) atoms. The molecule has 0 aliphatic rings. The van der Waals surface area contributed by atoms with Crippen molar-refractivity contribution in [3.05, 3.63) is 29.3 Å². The smallest absolute Gasteiger partial charge is 0.497 e. The average Bonchev–Trinajstić information content (AvgIpc) is 2.50. The van der Waals surface area contributed by atoms with Crippen molar-refractivity contribution in [3.8, 4) is 28.6 Å². The highest BCUT2D eigenvalue weighted by molar-refractivity contribution is 6.34. The third-order valence-corrected chi connectivity index (χ3v) is 3.20. The zero-order valence-electron chi connectivity index (χ0n) is 11.8. The van der Waals surface area contributed by atoms with Crippen molar-refractivity contribution in [1.29, 1.82) is 0 Å². The molecule has 3 N–H and O–H groups in total. The van der Waals surface area contributed by atoms with Crippen LogP contribution in [0.4, 0.5) is 10.5 Å². The molecule has 0 unspecified atom stereocenters. The van der Waals surface area contributed by atoms with E-state index in [2.05, 4.69) is 9.72 Å². The van der Waals surface area contributed by atoms with Crippen molar-refractivity contribution >= 4 is 23.4 Å². The van der Waals surface area contributed by atoms with Crippen LogP contribution in [-0.4, -0.2) is 30.5 Å². The minimum absolute atomic E-state index is 0.0759. The van der Waals surface area contributed by atoms with Gasteiger partial charge in [0.1, 0.15) is 16.5 Å². The Kier molecular flexibility index (Phi) is 4.57. The maximum Gasteiger partial charge on any atom is 0.512 e. The molecule has 0 saturated heterocycles. The maximum atomic E-state index is 10.7. The number of nitrogens with zero attached hydrogens (tertiary/aromatic N) is 1. The number of pyridine rings is 1. The number of carbonyl (C=O) groups is 1. The second-order valence-electron chi connectivity index (χ2n) is 4.15. The van der Waals surface area contributed by atoms with Crippen molar-refractivity contribution in [2.45, 2.75) is 0 Å². The Labute approximate surface area is 131 Å². The summed E-state index contributed by atoms with van der Waals surface area (Å²) in [4.78, 5) is 14.8. The van der Waals surface area contributed by atoms with Crippen LogP contribution < -0.4 is 19.9 Å². The van der Waals surface area contributed by atoms with Gasteiger partial charge in [-0.15, -0.1) is 0 Å². The number of benzene rings is 1. The Morgan fingerprint density at radius 3 is 2.59 bits per heavy atom. The first kappa shape index (κ1) is 15.7. The number of nitrogen functional groups attached to an aromatic ring is 1. The molecule has 0 fully saturated rings.